The summed E-state index contributed by atoms with van der Waals surface area (Å²) in [5.74, 6) is 2.64. The van der Waals surface area contributed by atoms with Crippen LogP contribution in [0.4, 0.5) is 0 Å². The van der Waals surface area contributed by atoms with Gasteiger partial charge >= 0.3 is 0 Å². The fourth-order valence-corrected chi connectivity index (χ4v) is 2.24. The van der Waals surface area contributed by atoms with Gasteiger partial charge < -0.3 is 4.74 Å². The summed E-state index contributed by atoms with van der Waals surface area (Å²) < 4.78 is 5.54. The van der Waals surface area contributed by atoms with E-state index in [1.165, 1.54) is 24.8 Å². The Hall–Kier alpha value is -0.690. The normalized spacial score (nSPS) is 19.4. The molecule has 19 heavy (non-hydrogen) atoms. The zero-order valence-electron chi connectivity index (χ0n) is 12.9. The Kier molecular flexibility index (Phi) is 6.71. The molecule has 3 rings (SSSR count). The minimum Gasteiger partial charge on any atom is -0.492 e. The van der Waals surface area contributed by atoms with Crippen LogP contribution in [-0.2, 0) is 0 Å². The van der Waals surface area contributed by atoms with Crippen molar-refractivity contribution in [3.63, 3.8) is 0 Å². The van der Waals surface area contributed by atoms with Crippen molar-refractivity contribution in [1.82, 2.24) is 0 Å². The second kappa shape index (κ2) is 7.79. The number of ether oxygens (including phenoxy) is 1. The third kappa shape index (κ3) is 4.42. The second-order valence-electron chi connectivity index (χ2n) is 5.15. The maximum absolute atomic E-state index is 5.96. The average molecular weight is 283 g/mol. The van der Waals surface area contributed by atoms with Crippen LogP contribution in [0.15, 0.2) is 12.1 Å². The van der Waals surface area contributed by atoms with Gasteiger partial charge in [0.25, 0.3) is 0 Å². The van der Waals surface area contributed by atoms with Gasteiger partial charge in [-0.2, -0.15) is 0 Å². The molecule has 1 unspecified atom stereocenters. The predicted octanol–water partition coefficient (Wildman–Crippen LogP) is 5.98. The molecule has 2 heteroatoms. The second-order valence-corrected chi connectivity index (χ2v) is 5.56. The lowest BCUT2D eigenvalue weighted by Crippen LogP contribution is -1.93. The summed E-state index contributed by atoms with van der Waals surface area (Å²) in [6, 6.07) is 4.00. The van der Waals surface area contributed by atoms with Gasteiger partial charge in [0.1, 0.15) is 5.75 Å². The number of halogens is 1. The molecule has 0 N–H and O–H groups in total. The van der Waals surface area contributed by atoms with E-state index >= 15 is 0 Å². The van der Waals surface area contributed by atoms with E-state index in [2.05, 4.69) is 19.9 Å². The van der Waals surface area contributed by atoms with Crippen LogP contribution in [0.1, 0.15) is 64.0 Å². The molecule has 1 fully saturated rings. The highest BCUT2D eigenvalue weighted by Gasteiger charge is 2.22. The Morgan fingerprint density at radius 3 is 2.37 bits per heavy atom. The smallest absolute Gasteiger partial charge is 0.127 e. The lowest BCUT2D eigenvalue weighted by Gasteiger charge is -2.04. The van der Waals surface area contributed by atoms with Crippen molar-refractivity contribution < 1.29 is 4.74 Å². The molecule has 0 radical (unpaired) electrons. The summed E-state index contributed by atoms with van der Waals surface area (Å²) in [6.07, 6.45) is 4.44. The average Bonchev–Trinajstić information content (AvgIpc) is 3.21. The minimum atomic E-state index is 0.510. The van der Waals surface area contributed by atoms with Gasteiger partial charge in [-0.25, -0.2) is 0 Å². The molecule has 108 valence electrons. The third-order valence-electron chi connectivity index (χ3n) is 3.65. The molecule has 0 spiro atoms. The Morgan fingerprint density at radius 2 is 1.89 bits per heavy atom. The molecule has 0 amide bonds. The van der Waals surface area contributed by atoms with E-state index in [0.717, 1.165) is 28.9 Å². The van der Waals surface area contributed by atoms with Gasteiger partial charge in [0.2, 0.25) is 0 Å². The largest absolute Gasteiger partial charge is 0.492 e. The van der Waals surface area contributed by atoms with Crippen molar-refractivity contribution in [3.05, 3.63) is 28.3 Å². The topological polar surface area (TPSA) is 9.23 Å². The van der Waals surface area contributed by atoms with Gasteiger partial charge in [-0.1, -0.05) is 64.6 Å². The first kappa shape index (κ1) is 16.4. The molecule has 2 aliphatic rings. The van der Waals surface area contributed by atoms with E-state index in [0.29, 0.717) is 5.92 Å². The summed E-state index contributed by atoms with van der Waals surface area (Å²) in [4.78, 5) is 0. The molecule has 1 aliphatic heterocycles. The molecule has 1 atom stereocenters. The van der Waals surface area contributed by atoms with E-state index in [1.54, 1.807) is 0 Å². The monoisotopic (exact) mass is 282 g/mol. The number of hydrogen-bond donors (Lipinski definition) is 0. The molecule has 1 aromatic carbocycles. The molecule has 1 aromatic rings. The molecular weight excluding hydrogens is 256 g/mol. The number of hydrogen-bond acceptors (Lipinski definition) is 1. The van der Waals surface area contributed by atoms with Crippen molar-refractivity contribution in [3.8, 4) is 5.75 Å². The van der Waals surface area contributed by atoms with Crippen LogP contribution in [0.25, 0.3) is 0 Å². The Balaban J connectivity index is 0.000000216. The van der Waals surface area contributed by atoms with Gasteiger partial charge in [-0.3, -0.25) is 0 Å². The molecule has 0 saturated heterocycles. The van der Waals surface area contributed by atoms with Gasteiger partial charge in [0.05, 0.1) is 6.61 Å². The predicted molar refractivity (Wildman–Crippen MR) is 84.5 cm³/mol. The quantitative estimate of drug-likeness (QED) is 0.616. The Morgan fingerprint density at radius 1 is 1.26 bits per heavy atom. The fourth-order valence-electron chi connectivity index (χ4n) is 2.09. The van der Waals surface area contributed by atoms with Crippen molar-refractivity contribution in [1.29, 1.82) is 0 Å². The molecule has 1 nitrogen and oxygen atoms in total. The van der Waals surface area contributed by atoms with Crippen molar-refractivity contribution >= 4 is 11.6 Å². The first-order valence-electron chi connectivity index (χ1n) is 7.55. The van der Waals surface area contributed by atoms with Crippen LogP contribution >= 0.6 is 11.6 Å². The van der Waals surface area contributed by atoms with E-state index in [4.69, 9.17) is 16.3 Å². The summed E-state index contributed by atoms with van der Waals surface area (Å²) >= 11 is 5.96. The van der Waals surface area contributed by atoms with Crippen LogP contribution in [0.3, 0.4) is 0 Å². The lowest BCUT2D eigenvalue weighted by atomic mass is 10.0. The van der Waals surface area contributed by atoms with Crippen molar-refractivity contribution in [2.24, 2.45) is 5.92 Å². The SMILES string of the molecule is CC.CCC1CC1.Cc1c(Cl)ccc2c1OCC2C. The molecule has 1 aliphatic carbocycles. The zero-order chi connectivity index (χ0) is 14.4. The van der Waals surface area contributed by atoms with Crippen LogP contribution in [0.2, 0.25) is 5.02 Å². The molecule has 0 bridgehead atoms. The highest BCUT2D eigenvalue weighted by Crippen LogP contribution is 2.38. The van der Waals surface area contributed by atoms with Crippen molar-refractivity contribution in [2.75, 3.05) is 6.61 Å². The first-order valence-corrected chi connectivity index (χ1v) is 7.93. The summed E-state index contributed by atoms with van der Waals surface area (Å²) in [6.45, 7) is 11.2. The van der Waals surface area contributed by atoms with E-state index in [-0.39, 0.29) is 0 Å². The highest BCUT2D eigenvalue weighted by molar-refractivity contribution is 6.31. The molecule has 1 heterocycles. The molecular formula is C17H27ClO. The van der Waals surface area contributed by atoms with Gasteiger partial charge in [-0.05, 0) is 18.9 Å². The first-order chi connectivity index (χ1) is 9.13. The zero-order valence-corrected chi connectivity index (χ0v) is 13.7. The Bertz CT molecular complexity index is 396. The van der Waals surface area contributed by atoms with E-state index in [9.17, 15) is 0 Å². The van der Waals surface area contributed by atoms with Crippen LogP contribution in [0.5, 0.6) is 5.75 Å². The Labute approximate surface area is 123 Å². The molecule has 1 saturated carbocycles. The number of benzene rings is 1. The maximum atomic E-state index is 5.96. The van der Waals surface area contributed by atoms with Gasteiger partial charge in [0.15, 0.2) is 0 Å². The minimum absolute atomic E-state index is 0.510. The fraction of sp³-hybridized carbons (Fsp3) is 0.647. The van der Waals surface area contributed by atoms with Crippen LogP contribution in [0, 0.1) is 12.8 Å². The highest BCUT2D eigenvalue weighted by atomic mass is 35.5. The number of rotatable bonds is 1. The van der Waals surface area contributed by atoms with Crippen LogP contribution in [-0.4, -0.2) is 6.61 Å². The number of fused-ring (bicyclic) bond motifs is 1. The standard InChI is InChI=1S/C10H11ClO.C5H10.C2H6/c1-6-5-12-10-7(2)9(11)4-3-8(6)10;1-2-5-3-4-5;1-2/h3-4,6H,5H2,1-2H3;5H,2-4H2,1H3;1-2H3. The van der Waals surface area contributed by atoms with Gasteiger partial charge in [0, 0.05) is 22.1 Å². The summed E-state index contributed by atoms with van der Waals surface area (Å²) in [5, 5.41) is 0.794. The van der Waals surface area contributed by atoms with E-state index < -0.39 is 0 Å². The third-order valence-corrected chi connectivity index (χ3v) is 4.06. The lowest BCUT2D eigenvalue weighted by molar-refractivity contribution is 0.335. The molecule has 0 aromatic heterocycles. The van der Waals surface area contributed by atoms with Crippen LogP contribution < -0.4 is 4.74 Å². The summed E-state index contributed by atoms with van der Waals surface area (Å²) in [7, 11) is 0. The maximum Gasteiger partial charge on any atom is 0.127 e. The van der Waals surface area contributed by atoms with Crippen molar-refractivity contribution in [2.45, 2.75) is 59.8 Å². The van der Waals surface area contributed by atoms with E-state index in [1.807, 2.05) is 26.8 Å². The summed E-state index contributed by atoms with van der Waals surface area (Å²) in [5.41, 5.74) is 2.36. The van der Waals surface area contributed by atoms with Gasteiger partial charge in [-0.15, -0.1) is 0 Å².